The summed E-state index contributed by atoms with van der Waals surface area (Å²) in [6.07, 6.45) is 0.250. The van der Waals surface area contributed by atoms with E-state index in [1.165, 1.54) is 5.56 Å². The molecule has 0 spiro atoms. The molecule has 0 bridgehead atoms. The van der Waals surface area contributed by atoms with Gasteiger partial charge in [0.2, 0.25) is 5.91 Å². The Morgan fingerprint density at radius 1 is 1.37 bits per heavy atom. The summed E-state index contributed by atoms with van der Waals surface area (Å²) in [6.45, 7) is 3.54. The summed E-state index contributed by atoms with van der Waals surface area (Å²) >= 11 is 0. The van der Waals surface area contributed by atoms with Crippen molar-refractivity contribution in [2.24, 2.45) is 0 Å². The number of benzene rings is 1. The van der Waals surface area contributed by atoms with Crippen LogP contribution in [0.4, 0.5) is 0 Å². The van der Waals surface area contributed by atoms with E-state index in [2.05, 4.69) is 30.0 Å². The average Bonchev–Trinajstić information content (AvgIpc) is 2.41. The van der Waals surface area contributed by atoms with Gasteiger partial charge in [0, 0.05) is 26.2 Å². The van der Waals surface area contributed by atoms with Crippen LogP contribution in [0.3, 0.4) is 0 Å². The maximum absolute atomic E-state index is 12.2. The van der Waals surface area contributed by atoms with Crippen molar-refractivity contribution in [2.75, 3.05) is 13.6 Å². The van der Waals surface area contributed by atoms with E-state index in [4.69, 9.17) is 5.26 Å². The van der Waals surface area contributed by atoms with E-state index in [0.717, 1.165) is 0 Å². The van der Waals surface area contributed by atoms with Gasteiger partial charge in [-0.05, 0) is 12.5 Å². The topological polar surface area (TPSA) is 47.3 Å². The van der Waals surface area contributed by atoms with Gasteiger partial charge in [0.25, 0.3) is 0 Å². The van der Waals surface area contributed by atoms with Gasteiger partial charge in [0.05, 0.1) is 12.5 Å². The second-order valence-electron chi connectivity index (χ2n) is 5.10. The Hall–Kier alpha value is -1.86. The van der Waals surface area contributed by atoms with Crippen molar-refractivity contribution >= 4 is 5.91 Å². The normalized spacial score (nSPS) is 24.3. The van der Waals surface area contributed by atoms with E-state index in [1.54, 1.807) is 4.90 Å². The number of nitriles is 1. The minimum atomic E-state index is -0.320. The molecular weight excluding hydrogens is 238 g/mol. The van der Waals surface area contributed by atoms with Gasteiger partial charge >= 0.3 is 0 Å². The standard InChI is InChI=1S/C15H19N3O/c1-12-10-17(2)15(19)14(8-9-16)18(12)11-13-6-4-3-5-7-13/h3-7,12,14H,8,10-11H2,1-2H3. The number of piperazine rings is 1. The highest BCUT2D eigenvalue weighted by molar-refractivity contribution is 5.82. The second-order valence-corrected chi connectivity index (χ2v) is 5.10. The van der Waals surface area contributed by atoms with Crippen LogP contribution in [0.2, 0.25) is 0 Å². The van der Waals surface area contributed by atoms with Crippen molar-refractivity contribution < 1.29 is 4.79 Å². The third-order valence-corrected chi connectivity index (χ3v) is 3.66. The molecule has 1 aromatic carbocycles. The molecule has 1 aliphatic rings. The summed E-state index contributed by atoms with van der Waals surface area (Å²) in [6, 6.07) is 12.2. The van der Waals surface area contributed by atoms with Gasteiger partial charge in [-0.2, -0.15) is 5.26 Å². The SMILES string of the molecule is CC1CN(C)C(=O)C(CC#N)N1Cc1ccccc1. The van der Waals surface area contributed by atoms with Crippen LogP contribution >= 0.6 is 0 Å². The minimum absolute atomic E-state index is 0.0515. The van der Waals surface area contributed by atoms with Crippen LogP contribution < -0.4 is 0 Å². The van der Waals surface area contributed by atoms with E-state index >= 15 is 0 Å². The lowest BCUT2D eigenvalue weighted by molar-refractivity contribution is -0.143. The molecule has 1 saturated heterocycles. The summed E-state index contributed by atoms with van der Waals surface area (Å²) in [5.41, 5.74) is 1.18. The first-order valence-corrected chi connectivity index (χ1v) is 6.55. The lowest BCUT2D eigenvalue weighted by Gasteiger charge is -2.43. The molecule has 1 heterocycles. The molecule has 2 rings (SSSR count). The van der Waals surface area contributed by atoms with Gasteiger partial charge < -0.3 is 4.90 Å². The first kappa shape index (κ1) is 13.6. The van der Waals surface area contributed by atoms with Crippen LogP contribution in [-0.2, 0) is 11.3 Å². The molecule has 0 radical (unpaired) electrons. The number of likely N-dealkylation sites (N-methyl/N-ethyl adjacent to an activating group) is 1. The van der Waals surface area contributed by atoms with Gasteiger partial charge in [0.15, 0.2) is 0 Å². The molecule has 4 nitrogen and oxygen atoms in total. The molecule has 0 aliphatic carbocycles. The van der Waals surface area contributed by atoms with Crippen molar-refractivity contribution in [1.29, 1.82) is 5.26 Å². The van der Waals surface area contributed by atoms with Crippen LogP contribution in [0.25, 0.3) is 0 Å². The monoisotopic (exact) mass is 257 g/mol. The maximum Gasteiger partial charge on any atom is 0.240 e. The number of carbonyl (C=O) groups excluding carboxylic acids is 1. The molecule has 1 aliphatic heterocycles. The quantitative estimate of drug-likeness (QED) is 0.827. The molecule has 2 unspecified atom stereocenters. The first-order valence-electron chi connectivity index (χ1n) is 6.55. The smallest absolute Gasteiger partial charge is 0.240 e. The molecule has 1 fully saturated rings. The Morgan fingerprint density at radius 3 is 2.68 bits per heavy atom. The predicted molar refractivity (Wildman–Crippen MR) is 73.1 cm³/mol. The average molecular weight is 257 g/mol. The number of carbonyl (C=O) groups is 1. The van der Waals surface area contributed by atoms with E-state index in [9.17, 15) is 4.79 Å². The molecule has 0 aromatic heterocycles. The number of rotatable bonds is 3. The Bertz CT molecular complexity index is 480. The molecule has 19 heavy (non-hydrogen) atoms. The van der Waals surface area contributed by atoms with Gasteiger partial charge in [0.1, 0.15) is 6.04 Å². The zero-order valence-electron chi connectivity index (χ0n) is 11.4. The van der Waals surface area contributed by atoms with Crippen LogP contribution in [0.1, 0.15) is 18.9 Å². The van der Waals surface area contributed by atoms with Crippen molar-refractivity contribution in [3.8, 4) is 6.07 Å². The molecule has 0 N–H and O–H groups in total. The molecule has 4 heteroatoms. The molecule has 1 aromatic rings. The van der Waals surface area contributed by atoms with Crippen LogP contribution in [0.5, 0.6) is 0 Å². The van der Waals surface area contributed by atoms with Gasteiger partial charge in [-0.15, -0.1) is 0 Å². The zero-order valence-corrected chi connectivity index (χ0v) is 11.4. The van der Waals surface area contributed by atoms with E-state index in [0.29, 0.717) is 13.1 Å². The third-order valence-electron chi connectivity index (χ3n) is 3.66. The fourth-order valence-corrected chi connectivity index (χ4v) is 2.65. The minimum Gasteiger partial charge on any atom is -0.343 e. The molecule has 0 saturated carbocycles. The van der Waals surface area contributed by atoms with Gasteiger partial charge in [-0.3, -0.25) is 9.69 Å². The van der Waals surface area contributed by atoms with Crippen molar-refractivity contribution in [3.63, 3.8) is 0 Å². The van der Waals surface area contributed by atoms with Crippen LogP contribution in [-0.4, -0.2) is 41.4 Å². The van der Waals surface area contributed by atoms with E-state index < -0.39 is 0 Å². The van der Waals surface area contributed by atoms with Crippen molar-refractivity contribution in [1.82, 2.24) is 9.80 Å². The molecule has 100 valence electrons. The lowest BCUT2D eigenvalue weighted by atomic mass is 10.0. The number of hydrogen-bond acceptors (Lipinski definition) is 3. The highest BCUT2D eigenvalue weighted by Crippen LogP contribution is 2.21. The van der Waals surface area contributed by atoms with Crippen LogP contribution in [0.15, 0.2) is 30.3 Å². The summed E-state index contributed by atoms with van der Waals surface area (Å²) in [7, 11) is 1.81. The maximum atomic E-state index is 12.2. The Balaban J connectivity index is 2.20. The molecule has 2 atom stereocenters. The second kappa shape index (κ2) is 5.85. The third kappa shape index (κ3) is 2.94. The highest BCUT2D eigenvalue weighted by Gasteiger charge is 2.36. The fraction of sp³-hybridized carbons (Fsp3) is 0.467. The van der Waals surface area contributed by atoms with Gasteiger partial charge in [-0.25, -0.2) is 0 Å². The van der Waals surface area contributed by atoms with Crippen molar-refractivity contribution in [3.05, 3.63) is 35.9 Å². The summed E-state index contributed by atoms with van der Waals surface area (Å²) in [5, 5.41) is 8.95. The fourth-order valence-electron chi connectivity index (χ4n) is 2.65. The van der Waals surface area contributed by atoms with Gasteiger partial charge in [-0.1, -0.05) is 30.3 Å². The number of nitrogens with zero attached hydrogens (tertiary/aromatic N) is 3. The molecule has 1 amide bonds. The van der Waals surface area contributed by atoms with Crippen molar-refractivity contribution in [2.45, 2.75) is 32.0 Å². The number of hydrogen-bond donors (Lipinski definition) is 0. The highest BCUT2D eigenvalue weighted by atomic mass is 16.2. The lowest BCUT2D eigenvalue weighted by Crippen LogP contribution is -2.59. The summed E-state index contributed by atoms with van der Waals surface area (Å²) in [4.78, 5) is 16.1. The summed E-state index contributed by atoms with van der Waals surface area (Å²) in [5.74, 6) is 0.0515. The zero-order chi connectivity index (χ0) is 13.8. The largest absolute Gasteiger partial charge is 0.343 e. The number of amides is 1. The Kier molecular flexibility index (Phi) is 4.18. The Labute approximate surface area is 114 Å². The first-order chi connectivity index (χ1) is 9.13. The van der Waals surface area contributed by atoms with E-state index in [1.807, 2.05) is 25.2 Å². The molecular formula is C15H19N3O. The van der Waals surface area contributed by atoms with Crippen LogP contribution in [0, 0.1) is 11.3 Å². The predicted octanol–water partition coefficient (Wildman–Crippen LogP) is 1.63. The Morgan fingerprint density at radius 2 is 2.05 bits per heavy atom. The summed E-state index contributed by atoms with van der Waals surface area (Å²) < 4.78 is 0. The van der Waals surface area contributed by atoms with E-state index in [-0.39, 0.29) is 24.4 Å².